The van der Waals surface area contributed by atoms with Crippen LogP contribution in [0, 0.1) is 5.82 Å². The van der Waals surface area contributed by atoms with Gasteiger partial charge in [0, 0.05) is 42.0 Å². The van der Waals surface area contributed by atoms with Gasteiger partial charge in [-0.15, -0.1) is 10.2 Å². The minimum Gasteiger partial charge on any atom is -0.322 e. The molecule has 2 amide bonds. The van der Waals surface area contributed by atoms with Gasteiger partial charge in [0.15, 0.2) is 5.82 Å². The van der Waals surface area contributed by atoms with E-state index in [9.17, 15) is 9.18 Å². The van der Waals surface area contributed by atoms with E-state index in [1.165, 1.54) is 12.1 Å². The largest absolute Gasteiger partial charge is 0.323 e. The number of piperazine rings is 1. The van der Waals surface area contributed by atoms with Crippen LogP contribution in [0.15, 0.2) is 48.5 Å². The molecule has 2 N–H and O–H groups in total. The molecule has 1 fully saturated rings. The van der Waals surface area contributed by atoms with Crippen molar-refractivity contribution < 1.29 is 9.18 Å². The number of carbonyl (C=O) groups is 1. The van der Waals surface area contributed by atoms with Gasteiger partial charge in [-0.3, -0.25) is 5.32 Å². The van der Waals surface area contributed by atoms with E-state index >= 15 is 0 Å². The van der Waals surface area contributed by atoms with Crippen molar-refractivity contribution in [2.45, 2.75) is 13.0 Å². The van der Waals surface area contributed by atoms with Gasteiger partial charge in [-0.25, -0.2) is 9.18 Å². The lowest BCUT2D eigenvalue weighted by Crippen LogP contribution is -2.52. The molecule has 1 saturated heterocycles. The number of hydrogen-bond donors (Lipinski definition) is 2. The predicted molar refractivity (Wildman–Crippen MR) is 103 cm³/mol. The molecule has 1 aromatic heterocycles. The summed E-state index contributed by atoms with van der Waals surface area (Å²) in [6.45, 7) is 4.11. The van der Waals surface area contributed by atoms with Gasteiger partial charge in [0.05, 0.1) is 0 Å². The summed E-state index contributed by atoms with van der Waals surface area (Å²) >= 11 is 0. The maximum absolute atomic E-state index is 13.2. The normalized spacial score (nSPS) is 17.1. The second-order valence-electron chi connectivity index (χ2n) is 6.68. The number of aromatic nitrogens is 2. The summed E-state index contributed by atoms with van der Waals surface area (Å²) in [5.74, 6) is 0.123. The first kappa shape index (κ1) is 17.4. The molecule has 6 nitrogen and oxygen atoms in total. The molecule has 1 unspecified atom stereocenters. The lowest BCUT2D eigenvalue weighted by molar-refractivity contribution is 0.192. The first-order valence-corrected chi connectivity index (χ1v) is 8.92. The van der Waals surface area contributed by atoms with Gasteiger partial charge in [0.2, 0.25) is 0 Å². The zero-order valence-electron chi connectivity index (χ0n) is 14.9. The van der Waals surface area contributed by atoms with Crippen LogP contribution in [0.1, 0.15) is 6.92 Å². The Hall–Kier alpha value is -3.06. The summed E-state index contributed by atoms with van der Waals surface area (Å²) in [5, 5.41) is 16.4. The lowest BCUT2D eigenvalue weighted by atomic mass is 10.0. The van der Waals surface area contributed by atoms with Crippen molar-refractivity contribution in [2.24, 2.45) is 0 Å². The minimum atomic E-state index is -0.301. The van der Waals surface area contributed by atoms with E-state index < -0.39 is 0 Å². The van der Waals surface area contributed by atoms with Crippen LogP contribution in [-0.4, -0.2) is 46.8 Å². The highest BCUT2D eigenvalue weighted by Crippen LogP contribution is 2.29. The first-order chi connectivity index (χ1) is 13.1. The third-order valence-electron chi connectivity index (χ3n) is 4.69. The maximum Gasteiger partial charge on any atom is 0.323 e. The molecule has 0 aliphatic carbocycles. The summed E-state index contributed by atoms with van der Waals surface area (Å²) in [6, 6.07) is 13.8. The molecule has 2 aromatic carbocycles. The fourth-order valence-electron chi connectivity index (χ4n) is 3.31. The van der Waals surface area contributed by atoms with Crippen LogP contribution in [0.5, 0.6) is 0 Å². The van der Waals surface area contributed by atoms with Crippen LogP contribution < -0.4 is 10.6 Å². The number of rotatable bonds is 2. The Kier molecular flexibility index (Phi) is 4.68. The van der Waals surface area contributed by atoms with Crippen molar-refractivity contribution in [1.29, 1.82) is 0 Å². The highest BCUT2D eigenvalue weighted by molar-refractivity contribution is 6.04. The summed E-state index contributed by atoms with van der Waals surface area (Å²) in [5.41, 5.74) is 1.42. The number of halogens is 1. The minimum absolute atomic E-state index is 0.183. The van der Waals surface area contributed by atoms with E-state index in [1.54, 1.807) is 17.0 Å². The van der Waals surface area contributed by atoms with Crippen molar-refractivity contribution in [1.82, 2.24) is 20.4 Å². The lowest BCUT2D eigenvalue weighted by Gasteiger charge is -2.31. The monoisotopic (exact) mass is 365 g/mol. The number of benzene rings is 2. The molecule has 0 spiro atoms. The molecule has 2 heterocycles. The maximum atomic E-state index is 13.2. The van der Waals surface area contributed by atoms with Crippen molar-refractivity contribution in [3.05, 3.63) is 54.3 Å². The van der Waals surface area contributed by atoms with E-state index in [-0.39, 0.29) is 17.9 Å². The third kappa shape index (κ3) is 3.59. The van der Waals surface area contributed by atoms with Gasteiger partial charge in [0.25, 0.3) is 0 Å². The number of anilines is 1. The fraction of sp³-hybridized carbons (Fsp3) is 0.250. The second-order valence-corrected chi connectivity index (χ2v) is 6.68. The highest BCUT2D eigenvalue weighted by atomic mass is 19.1. The number of nitrogens with zero attached hydrogens (tertiary/aromatic N) is 3. The molecule has 7 heteroatoms. The van der Waals surface area contributed by atoms with Crippen molar-refractivity contribution in [3.8, 4) is 11.3 Å². The van der Waals surface area contributed by atoms with Gasteiger partial charge < -0.3 is 10.2 Å². The number of amides is 2. The Morgan fingerprint density at radius 2 is 1.89 bits per heavy atom. The first-order valence-electron chi connectivity index (χ1n) is 8.92. The molecule has 1 aliphatic rings. The number of urea groups is 1. The van der Waals surface area contributed by atoms with Gasteiger partial charge in [-0.1, -0.05) is 24.3 Å². The van der Waals surface area contributed by atoms with E-state index in [4.69, 9.17) is 0 Å². The van der Waals surface area contributed by atoms with Crippen LogP contribution in [0.4, 0.5) is 15.0 Å². The average molecular weight is 365 g/mol. The Morgan fingerprint density at radius 1 is 1.15 bits per heavy atom. The SMILES string of the molecule is CC1CN(C(=O)Nc2nnc(-c3ccc(F)cc3)c3ccccc23)CCN1. The van der Waals surface area contributed by atoms with Gasteiger partial charge in [-0.2, -0.15) is 0 Å². The molecular formula is C20H20FN5O. The van der Waals surface area contributed by atoms with Gasteiger partial charge in [-0.05, 0) is 31.2 Å². The van der Waals surface area contributed by atoms with Crippen molar-refractivity contribution in [3.63, 3.8) is 0 Å². The highest BCUT2D eigenvalue weighted by Gasteiger charge is 2.22. The number of nitrogens with one attached hydrogen (secondary N) is 2. The molecule has 138 valence electrons. The summed E-state index contributed by atoms with van der Waals surface area (Å²) < 4.78 is 13.2. The Labute approximate surface area is 156 Å². The predicted octanol–water partition coefficient (Wildman–Crippen LogP) is 3.26. The van der Waals surface area contributed by atoms with E-state index in [1.807, 2.05) is 31.2 Å². The summed E-state index contributed by atoms with van der Waals surface area (Å²) in [7, 11) is 0. The standard InChI is InChI=1S/C20H20FN5O/c1-13-12-26(11-10-22-13)20(27)23-19-17-5-3-2-4-16(17)18(24-25-19)14-6-8-15(21)9-7-14/h2-9,13,22H,10-12H2,1H3,(H,23,25,27). The van der Waals surface area contributed by atoms with Crippen molar-refractivity contribution >= 4 is 22.6 Å². The Balaban J connectivity index is 1.67. The van der Waals surface area contributed by atoms with E-state index in [0.717, 1.165) is 22.9 Å². The molecule has 3 aromatic rings. The van der Waals surface area contributed by atoms with Gasteiger partial charge >= 0.3 is 6.03 Å². The molecule has 1 atom stereocenters. The van der Waals surface area contributed by atoms with Crippen LogP contribution >= 0.6 is 0 Å². The number of carbonyl (C=O) groups excluding carboxylic acids is 1. The molecule has 0 saturated carbocycles. The Morgan fingerprint density at radius 3 is 2.63 bits per heavy atom. The zero-order chi connectivity index (χ0) is 18.8. The van der Waals surface area contributed by atoms with Crippen LogP contribution in [0.25, 0.3) is 22.0 Å². The topological polar surface area (TPSA) is 70.2 Å². The van der Waals surface area contributed by atoms with Crippen LogP contribution in [-0.2, 0) is 0 Å². The van der Waals surface area contributed by atoms with E-state index in [0.29, 0.717) is 24.6 Å². The fourth-order valence-corrected chi connectivity index (χ4v) is 3.31. The quantitative estimate of drug-likeness (QED) is 0.731. The van der Waals surface area contributed by atoms with Crippen molar-refractivity contribution in [2.75, 3.05) is 25.0 Å². The average Bonchev–Trinajstić information content (AvgIpc) is 2.69. The summed E-state index contributed by atoms with van der Waals surface area (Å²) in [4.78, 5) is 14.4. The number of fused-ring (bicyclic) bond motifs is 1. The second kappa shape index (κ2) is 7.28. The van der Waals surface area contributed by atoms with Crippen LogP contribution in [0.2, 0.25) is 0 Å². The third-order valence-corrected chi connectivity index (χ3v) is 4.69. The smallest absolute Gasteiger partial charge is 0.322 e. The van der Waals surface area contributed by atoms with E-state index in [2.05, 4.69) is 20.8 Å². The van der Waals surface area contributed by atoms with Crippen LogP contribution in [0.3, 0.4) is 0 Å². The Bertz CT molecular complexity index is 976. The molecule has 0 radical (unpaired) electrons. The number of hydrogen-bond acceptors (Lipinski definition) is 4. The molecule has 27 heavy (non-hydrogen) atoms. The zero-order valence-corrected chi connectivity index (χ0v) is 14.9. The molecular weight excluding hydrogens is 345 g/mol. The van der Waals surface area contributed by atoms with Gasteiger partial charge in [0.1, 0.15) is 11.5 Å². The molecule has 0 bridgehead atoms. The summed E-state index contributed by atoms with van der Waals surface area (Å²) in [6.07, 6.45) is 0. The molecule has 1 aliphatic heterocycles. The molecule has 4 rings (SSSR count).